The van der Waals surface area contributed by atoms with Crippen LogP contribution >= 0.6 is 28.1 Å². The number of esters is 1. The van der Waals surface area contributed by atoms with Crippen molar-refractivity contribution in [1.82, 2.24) is 5.32 Å². The van der Waals surface area contributed by atoms with E-state index in [1.165, 1.54) is 0 Å². The van der Waals surface area contributed by atoms with Crippen molar-refractivity contribution in [3.05, 3.63) is 58.1 Å². The van der Waals surface area contributed by atoms with Gasteiger partial charge in [-0.25, -0.2) is 4.79 Å². The highest BCUT2D eigenvalue weighted by Crippen LogP contribution is 2.23. The van der Waals surface area contributed by atoms with Crippen LogP contribution in [0.2, 0.25) is 0 Å². The first-order chi connectivity index (χ1) is 14.4. The predicted molar refractivity (Wildman–Crippen MR) is 125 cm³/mol. The number of halogens is 1. The number of rotatable bonds is 9. The maximum Gasteiger partial charge on any atom is 0.338 e. The summed E-state index contributed by atoms with van der Waals surface area (Å²) in [6.45, 7) is 4.93. The predicted octanol–water partition coefficient (Wildman–Crippen LogP) is 5.32. The summed E-state index contributed by atoms with van der Waals surface area (Å²) in [6.07, 6.45) is 2.67. The molecule has 1 amide bonds. The molecule has 0 bridgehead atoms. The van der Waals surface area contributed by atoms with Crippen LogP contribution in [0, 0.1) is 0 Å². The Hall–Kier alpha value is -2.45. The molecule has 0 aromatic heterocycles. The second-order valence-electron chi connectivity index (χ2n) is 6.46. The summed E-state index contributed by atoms with van der Waals surface area (Å²) in [7, 11) is 0. The van der Waals surface area contributed by atoms with Crippen LogP contribution in [0.1, 0.15) is 53.8 Å². The molecule has 2 rings (SSSR count). The van der Waals surface area contributed by atoms with Gasteiger partial charge >= 0.3 is 5.97 Å². The lowest BCUT2D eigenvalue weighted by Gasteiger charge is -2.13. The van der Waals surface area contributed by atoms with Crippen molar-refractivity contribution < 1.29 is 19.1 Å². The summed E-state index contributed by atoms with van der Waals surface area (Å²) in [5.41, 5.74) is 1.48. The Bertz CT molecular complexity index is 887. The minimum Gasteiger partial charge on any atom is -0.493 e. The zero-order chi connectivity index (χ0) is 21.9. The van der Waals surface area contributed by atoms with E-state index in [-0.39, 0.29) is 17.0 Å². The molecule has 2 aromatic carbocycles. The molecule has 0 aliphatic heterocycles. The molecule has 0 heterocycles. The second-order valence-corrected chi connectivity index (χ2v) is 7.79. The van der Waals surface area contributed by atoms with Crippen molar-refractivity contribution in [2.24, 2.45) is 0 Å². The number of thiocarbonyl (C=S) groups is 1. The Morgan fingerprint density at radius 1 is 1.03 bits per heavy atom. The molecule has 0 radical (unpaired) electrons. The molecule has 8 heteroatoms. The number of nitrogens with one attached hydrogen (secondary N) is 2. The monoisotopic (exact) mass is 492 g/mol. The number of ether oxygens (including phenoxy) is 2. The average Bonchev–Trinajstić information content (AvgIpc) is 2.73. The number of carbonyl (C=O) groups excluding carboxylic acids is 2. The van der Waals surface area contributed by atoms with Crippen LogP contribution in [-0.2, 0) is 4.74 Å². The third kappa shape index (κ3) is 7.42. The van der Waals surface area contributed by atoms with Gasteiger partial charge in [0, 0.05) is 10.2 Å². The lowest BCUT2D eigenvalue weighted by Crippen LogP contribution is -2.34. The van der Waals surface area contributed by atoms with Gasteiger partial charge in [-0.2, -0.15) is 0 Å². The number of carbonyl (C=O) groups is 2. The summed E-state index contributed by atoms with van der Waals surface area (Å²) >= 11 is 8.63. The third-order valence-electron chi connectivity index (χ3n) is 3.98. The Balaban J connectivity index is 1.98. The topological polar surface area (TPSA) is 76.7 Å². The van der Waals surface area contributed by atoms with Gasteiger partial charge in [-0.3, -0.25) is 10.1 Å². The van der Waals surface area contributed by atoms with Gasteiger partial charge in [0.25, 0.3) is 5.91 Å². The van der Waals surface area contributed by atoms with Crippen LogP contribution in [0.25, 0.3) is 0 Å². The van der Waals surface area contributed by atoms with Crippen LogP contribution in [-0.4, -0.2) is 30.2 Å². The van der Waals surface area contributed by atoms with E-state index in [0.29, 0.717) is 35.8 Å². The molecule has 0 unspecified atom stereocenters. The Morgan fingerprint density at radius 2 is 1.77 bits per heavy atom. The van der Waals surface area contributed by atoms with Crippen molar-refractivity contribution in [3.63, 3.8) is 0 Å². The van der Waals surface area contributed by atoms with Crippen LogP contribution in [0.5, 0.6) is 5.75 Å². The molecule has 30 heavy (non-hydrogen) atoms. The molecule has 2 aromatic rings. The zero-order valence-electron chi connectivity index (χ0n) is 17.0. The van der Waals surface area contributed by atoms with E-state index in [1.54, 1.807) is 36.4 Å². The van der Waals surface area contributed by atoms with Gasteiger partial charge in [-0.05, 0) is 67.5 Å². The maximum absolute atomic E-state index is 12.7. The average molecular weight is 493 g/mol. The number of hydrogen-bond donors (Lipinski definition) is 2. The lowest BCUT2D eigenvalue weighted by atomic mass is 10.2. The Morgan fingerprint density at radius 3 is 2.43 bits per heavy atom. The Kier molecular flexibility index (Phi) is 9.76. The van der Waals surface area contributed by atoms with Crippen molar-refractivity contribution in [1.29, 1.82) is 0 Å². The van der Waals surface area contributed by atoms with Crippen molar-refractivity contribution in [2.75, 3.05) is 18.5 Å². The fourth-order valence-electron chi connectivity index (χ4n) is 2.43. The van der Waals surface area contributed by atoms with E-state index < -0.39 is 0 Å². The molecular weight excluding hydrogens is 468 g/mol. The van der Waals surface area contributed by atoms with E-state index in [2.05, 4.69) is 33.5 Å². The van der Waals surface area contributed by atoms with Gasteiger partial charge in [-0.1, -0.05) is 36.2 Å². The van der Waals surface area contributed by atoms with Gasteiger partial charge < -0.3 is 14.8 Å². The zero-order valence-corrected chi connectivity index (χ0v) is 19.4. The van der Waals surface area contributed by atoms with Crippen LogP contribution in [0.4, 0.5) is 5.69 Å². The highest BCUT2D eigenvalue weighted by Gasteiger charge is 2.15. The molecule has 0 atom stereocenters. The summed E-state index contributed by atoms with van der Waals surface area (Å²) in [5, 5.41) is 5.73. The van der Waals surface area contributed by atoms with Crippen LogP contribution < -0.4 is 15.4 Å². The first-order valence-corrected chi connectivity index (χ1v) is 11.0. The summed E-state index contributed by atoms with van der Waals surface area (Å²) in [4.78, 5) is 24.5. The SMILES string of the molecule is CCCCOc1ccc(Br)cc1C(=O)NC(=S)Nc1ccc(C(=O)OCCC)cc1. The molecule has 0 spiro atoms. The summed E-state index contributed by atoms with van der Waals surface area (Å²) in [5.74, 6) is -0.244. The Labute approximate surface area is 190 Å². The van der Waals surface area contributed by atoms with Gasteiger partial charge in [-0.15, -0.1) is 0 Å². The minimum absolute atomic E-state index is 0.140. The van der Waals surface area contributed by atoms with Crippen molar-refractivity contribution in [2.45, 2.75) is 33.1 Å². The summed E-state index contributed by atoms with van der Waals surface area (Å²) in [6, 6.07) is 11.9. The van der Waals surface area contributed by atoms with Gasteiger partial charge in [0.15, 0.2) is 5.11 Å². The number of anilines is 1. The van der Waals surface area contributed by atoms with E-state index in [0.717, 1.165) is 23.7 Å². The standard InChI is InChI=1S/C22H25BrN2O4S/c1-3-5-13-28-19-11-8-16(23)14-18(19)20(26)25-22(30)24-17-9-6-15(7-10-17)21(27)29-12-4-2/h6-11,14H,3-5,12-13H2,1-2H3,(H2,24,25,26,30). The highest BCUT2D eigenvalue weighted by molar-refractivity contribution is 9.10. The largest absolute Gasteiger partial charge is 0.493 e. The second kappa shape index (κ2) is 12.3. The maximum atomic E-state index is 12.7. The smallest absolute Gasteiger partial charge is 0.338 e. The quantitative estimate of drug-likeness (QED) is 0.280. The van der Waals surface area contributed by atoms with Crippen LogP contribution in [0.3, 0.4) is 0 Å². The van der Waals surface area contributed by atoms with E-state index in [1.807, 2.05) is 13.0 Å². The van der Waals surface area contributed by atoms with Crippen LogP contribution in [0.15, 0.2) is 46.9 Å². The van der Waals surface area contributed by atoms with Gasteiger partial charge in [0.05, 0.1) is 24.3 Å². The highest BCUT2D eigenvalue weighted by atomic mass is 79.9. The van der Waals surface area contributed by atoms with Crippen molar-refractivity contribution >= 4 is 50.8 Å². The summed E-state index contributed by atoms with van der Waals surface area (Å²) < 4.78 is 11.6. The first-order valence-electron chi connectivity index (χ1n) is 9.76. The fourth-order valence-corrected chi connectivity index (χ4v) is 3.00. The van der Waals surface area contributed by atoms with Gasteiger partial charge in [0.2, 0.25) is 0 Å². The normalized spacial score (nSPS) is 10.2. The minimum atomic E-state index is -0.375. The molecule has 0 aliphatic rings. The van der Waals surface area contributed by atoms with Crippen molar-refractivity contribution in [3.8, 4) is 5.75 Å². The number of hydrogen-bond acceptors (Lipinski definition) is 5. The molecule has 160 valence electrons. The van der Waals surface area contributed by atoms with Gasteiger partial charge in [0.1, 0.15) is 5.75 Å². The third-order valence-corrected chi connectivity index (χ3v) is 4.68. The van der Waals surface area contributed by atoms with E-state index in [4.69, 9.17) is 21.7 Å². The first kappa shape index (κ1) is 23.8. The fraction of sp³-hybridized carbons (Fsp3) is 0.318. The molecule has 0 aliphatic carbocycles. The molecular formula is C22H25BrN2O4S. The molecule has 2 N–H and O–H groups in total. The number of benzene rings is 2. The number of amides is 1. The van der Waals surface area contributed by atoms with E-state index >= 15 is 0 Å². The lowest BCUT2D eigenvalue weighted by molar-refractivity contribution is 0.0505. The number of unbranched alkanes of at least 4 members (excludes halogenated alkanes) is 1. The molecule has 0 saturated heterocycles. The molecule has 0 fully saturated rings. The van der Waals surface area contributed by atoms with E-state index in [9.17, 15) is 9.59 Å². The molecule has 0 saturated carbocycles. The molecule has 6 nitrogen and oxygen atoms in total.